The van der Waals surface area contributed by atoms with Crippen LogP contribution in [0.5, 0.6) is 5.75 Å². The fourth-order valence-corrected chi connectivity index (χ4v) is 3.75. The predicted octanol–water partition coefficient (Wildman–Crippen LogP) is 3.79. The zero-order valence-electron chi connectivity index (χ0n) is 17.1. The van der Waals surface area contributed by atoms with E-state index in [-0.39, 0.29) is 18.4 Å². The molecule has 3 aromatic rings. The number of aryl methyl sites for hydroxylation is 1. The molecule has 0 radical (unpaired) electrons. The number of nitrogens with one attached hydrogen (secondary N) is 1. The Morgan fingerprint density at radius 3 is 2.67 bits per heavy atom. The molecule has 1 saturated heterocycles. The van der Waals surface area contributed by atoms with Crippen LogP contribution in [0.25, 0.3) is 11.0 Å². The second kappa shape index (κ2) is 9.03. The van der Waals surface area contributed by atoms with E-state index < -0.39 is 0 Å². The molecule has 1 fully saturated rings. The van der Waals surface area contributed by atoms with Crippen LogP contribution in [0.3, 0.4) is 0 Å². The van der Waals surface area contributed by atoms with Gasteiger partial charge in [0.15, 0.2) is 12.4 Å². The van der Waals surface area contributed by atoms with Gasteiger partial charge in [-0.15, -0.1) is 0 Å². The lowest BCUT2D eigenvalue weighted by molar-refractivity contribution is -0.123. The van der Waals surface area contributed by atoms with Gasteiger partial charge in [-0.2, -0.15) is 0 Å². The Hall–Kier alpha value is -3.28. The Morgan fingerprint density at radius 2 is 1.90 bits per heavy atom. The third-order valence-electron chi connectivity index (χ3n) is 5.49. The number of fused-ring (bicyclic) bond motifs is 1. The Morgan fingerprint density at radius 1 is 1.10 bits per heavy atom. The van der Waals surface area contributed by atoms with Crippen LogP contribution in [0.4, 0.5) is 0 Å². The van der Waals surface area contributed by atoms with Crippen LogP contribution < -0.4 is 10.1 Å². The Balaban J connectivity index is 1.20. The minimum absolute atomic E-state index is 0.00678. The molecule has 2 aromatic carbocycles. The molecule has 0 bridgehead atoms. The Bertz CT molecular complexity index is 1000. The van der Waals surface area contributed by atoms with Gasteiger partial charge in [0.05, 0.1) is 0 Å². The van der Waals surface area contributed by atoms with Crippen molar-refractivity contribution in [2.75, 3.05) is 26.2 Å². The molecule has 0 aliphatic carbocycles. The zero-order valence-corrected chi connectivity index (χ0v) is 17.1. The molecular formula is C24H26N2O4. The van der Waals surface area contributed by atoms with E-state index >= 15 is 0 Å². The summed E-state index contributed by atoms with van der Waals surface area (Å²) in [5, 5.41) is 3.88. The number of carbonyl (C=O) groups is 2. The lowest BCUT2D eigenvalue weighted by Gasteiger charge is -2.31. The third kappa shape index (κ3) is 4.82. The number of hydrogen-bond donors (Lipinski definition) is 1. The van der Waals surface area contributed by atoms with Gasteiger partial charge in [-0.25, -0.2) is 0 Å². The number of rotatable bonds is 6. The number of hydrogen-bond acceptors (Lipinski definition) is 4. The first-order valence-corrected chi connectivity index (χ1v) is 10.3. The predicted molar refractivity (Wildman–Crippen MR) is 115 cm³/mol. The third-order valence-corrected chi connectivity index (χ3v) is 5.49. The van der Waals surface area contributed by atoms with Gasteiger partial charge >= 0.3 is 0 Å². The van der Waals surface area contributed by atoms with Gasteiger partial charge in [0.25, 0.3) is 11.8 Å². The quantitative estimate of drug-likeness (QED) is 0.676. The smallest absolute Gasteiger partial charge is 0.289 e. The van der Waals surface area contributed by atoms with Gasteiger partial charge in [0.2, 0.25) is 0 Å². The van der Waals surface area contributed by atoms with Crippen LogP contribution in [0.2, 0.25) is 0 Å². The van der Waals surface area contributed by atoms with Gasteiger partial charge in [-0.1, -0.05) is 30.3 Å². The zero-order chi connectivity index (χ0) is 20.9. The normalized spacial score (nSPS) is 14.6. The summed E-state index contributed by atoms with van der Waals surface area (Å²) >= 11 is 0. The molecule has 0 unspecified atom stereocenters. The maximum absolute atomic E-state index is 12.7. The number of ether oxygens (including phenoxy) is 1. The highest BCUT2D eigenvalue weighted by atomic mass is 16.5. The van der Waals surface area contributed by atoms with Crippen LogP contribution in [0.1, 0.15) is 29.0 Å². The van der Waals surface area contributed by atoms with Crippen LogP contribution >= 0.6 is 0 Å². The van der Waals surface area contributed by atoms with Crippen molar-refractivity contribution in [2.24, 2.45) is 5.92 Å². The minimum atomic E-state index is -0.128. The van der Waals surface area contributed by atoms with E-state index in [0.29, 0.717) is 37.1 Å². The van der Waals surface area contributed by atoms with Crippen LogP contribution in [-0.4, -0.2) is 43.0 Å². The summed E-state index contributed by atoms with van der Waals surface area (Å²) in [5.74, 6) is 1.24. The molecule has 6 nitrogen and oxygen atoms in total. The van der Waals surface area contributed by atoms with Crippen molar-refractivity contribution in [3.8, 4) is 5.75 Å². The molecule has 0 atom stereocenters. The number of amides is 2. The number of likely N-dealkylation sites (tertiary alicyclic amines) is 1. The highest BCUT2D eigenvalue weighted by Gasteiger charge is 2.26. The van der Waals surface area contributed by atoms with Gasteiger partial charge < -0.3 is 19.4 Å². The van der Waals surface area contributed by atoms with Crippen molar-refractivity contribution in [1.29, 1.82) is 0 Å². The molecule has 0 saturated carbocycles. The fraction of sp³-hybridized carbons (Fsp3) is 0.333. The SMILES string of the molecule is Cc1cccc(OCC(=O)NCC2CCN(C(=O)c3cc4ccccc4o3)CC2)c1. The van der Waals surface area contributed by atoms with Crippen molar-refractivity contribution in [3.05, 3.63) is 65.9 Å². The van der Waals surface area contributed by atoms with Gasteiger partial charge in [0.1, 0.15) is 11.3 Å². The van der Waals surface area contributed by atoms with E-state index in [9.17, 15) is 9.59 Å². The standard InChI is InChI=1S/C24H26N2O4/c1-17-5-4-7-20(13-17)29-16-23(27)25-15-18-9-11-26(12-10-18)24(28)22-14-19-6-2-3-8-21(19)30-22/h2-8,13-14,18H,9-12,15-16H2,1H3,(H,25,27). The fourth-order valence-electron chi connectivity index (χ4n) is 3.75. The molecule has 0 spiro atoms. The lowest BCUT2D eigenvalue weighted by Crippen LogP contribution is -2.42. The Labute approximate surface area is 175 Å². The monoisotopic (exact) mass is 406 g/mol. The second-order valence-electron chi connectivity index (χ2n) is 7.79. The van der Waals surface area contributed by atoms with E-state index in [2.05, 4.69) is 5.32 Å². The molecule has 2 heterocycles. The first-order chi connectivity index (χ1) is 14.6. The molecule has 156 valence electrons. The highest BCUT2D eigenvalue weighted by Crippen LogP contribution is 2.23. The largest absolute Gasteiger partial charge is 0.484 e. The number of carbonyl (C=O) groups excluding carboxylic acids is 2. The van der Waals surface area contributed by atoms with Crippen molar-refractivity contribution in [3.63, 3.8) is 0 Å². The molecule has 1 aromatic heterocycles. The van der Waals surface area contributed by atoms with E-state index in [1.807, 2.05) is 60.4 Å². The van der Waals surface area contributed by atoms with Gasteiger partial charge in [-0.3, -0.25) is 9.59 Å². The molecule has 1 N–H and O–H groups in total. The summed E-state index contributed by atoms with van der Waals surface area (Å²) in [6.07, 6.45) is 1.70. The number of para-hydroxylation sites is 1. The summed E-state index contributed by atoms with van der Waals surface area (Å²) in [5.41, 5.74) is 1.82. The average molecular weight is 406 g/mol. The summed E-state index contributed by atoms with van der Waals surface area (Å²) in [6.45, 7) is 3.92. The average Bonchev–Trinajstić information content (AvgIpc) is 3.20. The van der Waals surface area contributed by atoms with Gasteiger partial charge in [-0.05, 0) is 55.5 Å². The van der Waals surface area contributed by atoms with Crippen molar-refractivity contribution < 1.29 is 18.7 Å². The highest BCUT2D eigenvalue weighted by molar-refractivity contribution is 5.96. The van der Waals surface area contributed by atoms with E-state index in [0.717, 1.165) is 29.4 Å². The van der Waals surface area contributed by atoms with Gasteiger partial charge in [0, 0.05) is 25.0 Å². The molecule has 6 heteroatoms. The Kier molecular flexibility index (Phi) is 6.02. The van der Waals surface area contributed by atoms with Crippen molar-refractivity contribution in [1.82, 2.24) is 10.2 Å². The van der Waals surface area contributed by atoms with E-state index in [1.165, 1.54) is 0 Å². The van der Waals surface area contributed by atoms with Crippen LogP contribution in [0.15, 0.2) is 59.0 Å². The second-order valence-corrected chi connectivity index (χ2v) is 7.79. The molecule has 1 aliphatic rings. The van der Waals surface area contributed by atoms with Crippen LogP contribution in [-0.2, 0) is 4.79 Å². The maximum Gasteiger partial charge on any atom is 0.289 e. The first kappa shape index (κ1) is 20.0. The topological polar surface area (TPSA) is 71.8 Å². The van der Waals surface area contributed by atoms with Crippen molar-refractivity contribution >= 4 is 22.8 Å². The molecule has 30 heavy (non-hydrogen) atoms. The van der Waals surface area contributed by atoms with Crippen molar-refractivity contribution in [2.45, 2.75) is 19.8 Å². The summed E-state index contributed by atoms with van der Waals surface area (Å²) in [6, 6.07) is 17.1. The molecule has 1 aliphatic heterocycles. The van der Waals surface area contributed by atoms with E-state index in [1.54, 1.807) is 6.07 Å². The molecule has 2 amide bonds. The summed E-state index contributed by atoms with van der Waals surface area (Å²) in [4.78, 5) is 26.6. The number of furan rings is 1. The number of piperidine rings is 1. The maximum atomic E-state index is 12.7. The van der Waals surface area contributed by atoms with E-state index in [4.69, 9.17) is 9.15 Å². The number of nitrogens with zero attached hydrogens (tertiary/aromatic N) is 1. The summed E-state index contributed by atoms with van der Waals surface area (Å²) < 4.78 is 11.2. The first-order valence-electron chi connectivity index (χ1n) is 10.3. The minimum Gasteiger partial charge on any atom is -0.484 e. The molecule has 4 rings (SSSR count). The number of benzene rings is 2. The van der Waals surface area contributed by atoms with Crippen LogP contribution in [0, 0.1) is 12.8 Å². The summed E-state index contributed by atoms with van der Waals surface area (Å²) in [7, 11) is 0. The molecular weight excluding hydrogens is 380 g/mol. The lowest BCUT2D eigenvalue weighted by atomic mass is 9.96.